The van der Waals surface area contributed by atoms with Crippen molar-refractivity contribution in [2.24, 2.45) is 0 Å². The van der Waals surface area contributed by atoms with Gasteiger partial charge in [-0.25, -0.2) is 0 Å². The first-order valence-corrected chi connectivity index (χ1v) is 3.27. The van der Waals surface area contributed by atoms with Crippen molar-refractivity contribution in [2.75, 3.05) is 6.61 Å². The van der Waals surface area contributed by atoms with Crippen molar-refractivity contribution in [3.05, 3.63) is 0 Å². The molecule has 0 unspecified atom stereocenters. The van der Waals surface area contributed by atoms with Crippen LogP contribution in [0.1, 0.15) is 0 Å². The molecule has 0 aliphatic rings. The number of hydrogen-bond acceptors (Lipinski definition) is 8. The van der Waals surface area contributed by atoms with Gasteiger partial charge in [0.1, 0.15) is 12.2 Å². The zero-order valence-electron chi connectivity index (χ0n) is 9.67. The van der Waals surface area contributed by atoms with Gasteiger partial charge in [-0.05, 0) is 0 Å². The van der Waals surface area contributed by atoms with Gasteiger partial charge < -0.3 is 39.5 Å². The molecule has 0 rings (SSSR count). The predicted molar refractivity (Wildman–Crippen MR) is 30.8 cm³/mol. The maximum Gasteiger partial charge on any atom is 1.00 e. The number of rotatable bonds is 6. The Morgan fingerprint density at radius 1 is 1.00 bits per heavy atom. The summed E-state index contributed by atoms with van der Waals surface area (Å²) in [6.45, 7) is -1.18. The fraction of sp³-hybridized carbons (Fsp3) is 0.500. The molecule has 17 heavy (non-hydrogen) atoms. The average Bonchev–Trinajstić information content (AvgIpc) is 2.02. The second-order valence-electron chi connectivity index (χ2n) is 2.19. The third-order valence-corrected chi connectivity index (χ3v) is 1.14. The van der Waals surface area contributed by atoms with Crippen LogP contribution >= 0.6 is 0 Å². The maximum absolute atomic E-state index is 10.2. The van der Waals surface area contributed by atoms with Gasteiger partial charge in [-0.15, -0.1) is 0 Å². The molecule has 11 heteroatoms. The molecule has 0 amide bonds. The molecule has 8 nitrogen and oxygen atoms in total. The van der Waals surface area contributed by atoms with Crippen LogP contribution in [0.5, 0.6) is 0 Å². The minimum Gasteiger partial charge on any atom is -0.548 e. The first kappa shape index (κ1) is 26.8. The van der Waals surface area contributed by atoms with Gasteiger partial charge in [0.05, 0.1) is 24.5 Å². The van der Waals surface area contributed by atoms with E-state index < -0.39 is 36.7 Å². The van der Waals surface area contributed by atoms with Crippen LogP contribution in [0.15, 0.2) is 0 Å². The van der Waals surface area contributed by atoms with Crippen molar-refractivity contribution >= 4 is 17.9 Å². The first-order chi connectivity index (χ1) is 6.36. The van der Waals surface area contributed by atoms with Crippen LogP contribution in [0.25, 0.3) is 0 Å². The van der Waals surface area contributed by atoms with E-state index in [0.29, 0.717) is 0 Å². The Hall–Kier alpha value is 1.33. The van der Waals surface area contributed by atoms with Crippen molar-refractivity contribution in [1.29, 1.82) is 0 Å². The summed E-state index contributed by atoms with van der Waals surface area (Å²) < 4.78 is 3.99. The third kappa shape index (κ3) is 12.1. The van der Waals surface area contributed by atoms with Gasteiger partial charge in [0.25, 0.3) is 0 Å². The summed E-state index contributed by atoms with van der Waals surface area (Å²) >= 11 is 0. The van der Waals surface area contributed by atoms with E-state index >= 15 is 0 Å². The number of aliphatic hydroxyl groups excluding tert-OH is 1. The minimum atomic E-state index is -2.50. The number of carboxylic acid groups (broad SMARTS) is 3. The number of hydrogen-bond donors (Lipinski definition) is 1. The molecule has 0 heterocycles. The van der Waals surface area contributed by atoms with E-state index in [1.807, 2.05) is 0 Å². The Balaban J connectivity index is -0.000000282. The topological polar surface area (TPSA) is 150 Å². The molecule has 0 spiro atoms. The van der Waals surface area contributed by atoms with E-state index in [1.165, 1.54) is 0 Å². The van der Waals surface area contributed by atoms with Crippen LogP contribution < -0.4 is 104 Å². The van der Waals surface area contributed by atoms with Gasteiger partial charge in [0, 0.05) is 0 Å². The summed E-state index contributed by atoms with van der Waals surface area (Å²) in [5.74, 6) is -5.94. The van der Waals surface area contributed by atoms with Gasteiger partial charge >= 0.3 is 88.7 Å². The van der Waals surface area contributed by atoms with Crippen LogP contribution in [0.2, 0.25) is 0 Å². The standard InChI is InChI=1S/C6H8O8.3Na/c7-2(8)1-14-4(6(12)13)3(9)5(10)11;;;/h3-4,9H,1H2,(H,7,8)(H,10,11)(H,12,13);;;/q;3*+1/p-3/t3-,4+;;;/m1.../s1. The molecule has 1 N–H and O–H groups in total. The molecule has 80 valence electrons. The number of aliphatic carboxylic acids is 3. The molecule has 0 aromatic carbocycles. The normalized spacial score (nSPS) is 11.8. The van der Waals surface area contributed by atoms with Crippen molar-refractivity contribution in [1.82, 2.24) is 0 Å². The molecule has 0 aromatic heterocycles. The predicted octanol–water partition coefficient (Wildman–Crippen LogP) is -15.0. The average molecular weight is 274 g/mol. The SMILES string of the molecule is O=C([O-])CO[C@H](C(=O)[O-])[C@@H](O)C(=O)[O-].[Na+].[Na+].[Na+]. The molecule has 0 aromatic rings. The summed E-state index contributed by atoms with van der Waals surface area (Å²) in [6.07, 6.45) is -4.81. The van der Waals surface area contributed by atoms with Gasteiger partial charge in [-0.1, -0.05) is 0 Å². The fourth-order valence-electron chi connectivity index (χ4n) is 0.570. The zero-order chi connectivity index (χ0) is 11.3. The number of carbonyl (C=O) groups is 3. The van der Waals surface area contributed by atoms with E-state index in [2.05, 4.69) is 4.74 Å². The summed E-state index contributed by atoms with van der Waals surface area (Å²) in [4.78, 5) is 30.0. The summed E-state index contributed by atoms with van der Waals surface area (Å²) in [5, 5.41) is 38.6. The molecule has 2 atom stereocenters. The molecule has 0 saturated heterocycles. The summed E-state index contributed by atoms with van der Waals surface area (Å²) in [7, 11) is 0. The molecular weight excluding hydrogens is 269 g/mol. The Labute approximate surface area is 163 Å². The zero-order valence-corrected chi connectivity index (χ0v) is 15.7. The summed E-state index contributed by atoms with van der Waals surface area (Å²) in [5.41, 5.74) is 0. The van der Waals surface area contributed by atoms with Gasteiger partial charge in [-0.3, -0.25) is 0 Å². The first-order valence-electron chi connectivity index (χ1n) is 3.27. The largest absolute Gasteiger partial charge is 1.00 e. The van der Waals surface area contributed by atoms with Gasteiger partial charge in [0.15, 0.2) is 0 Å². The van der Waals surface area contributed by atoms with Gasteiger partial charge in [-0.2, -0.15) is 0 Å². The van der Waals surface area contributed by atoms with Crippen LogP contribution in [-0.2, 0) is 19.1 Å². The van der Waals surface area contributed by atoms with Crippen molar-refractivity contribution in [2.45, 2.75) is 12.2 Å². The Morgan fingerprint density at radius 2 is 1.41 bits per heavy atom. The second kappa shape index (κ2) is 13.8. The number of carboxylic acids is 3. The van der Waals surface area contributed by atoms with Crippen LogP contribution in [0.4, 0.5) is 0 Å². The monoisotopic (exact) mass is 274 g/mol. The molecule has 0 radical (unpaired) electrons. The van der Waals surface area contributed by atoms with Crippen LogP contribution in [-0.4, -0.2) is 41.8 Å². The smallest absolute Gasteiger partial charge is 0.548 e. The van der Waals surface area contributed by atoms with Crippen molar-refractivity contribution in [3.63, 3.8) is 0 Å². The molecule has 0 bridgehead atoms. The fourth-order valence-corrected chi connectivity index (χ4v) is 0.570. The molecule has 0 aliphatic carbocycles. The van der Waals surface area contributed by atoms with Crippen molar-refractivity contribution in [3.8, 4) is 0 Å². The minimum absolute atomic E-state index is 0. The Morgan fingerprint density at radius 3 is 1.65 bits per heavy atom. The number of carbonyl (C=O) groups excluding carboxylic acids is 3. The maximum atomic E-state index is 10.2. The summed E-state index contributed by atoms with van der Waals surface area (Å²) in [6, 6.07) is 0. The quantitative estimate of drug-likeness (QED) is 0.469. The van der Waals surface area contributed by atoms with Crippen molar-refractivity contribution < 1.29 is 128 Å². The van der Waals surface area contributed by atoms with E-state index in [1.54, 1.807) is 0 Å². The van der Waals surface area contributed by atoms with Gasteiger partial charge in [0.2, 0.25) is 0 Å². The molecule has 0 saturated carbocycles. The molecule has 0 fully saturated rings. The molecule has 0 aliphatic heterocycles. The van der Waals surface area contributed by atoms with E-state index in [-0.39, 0.29) is 88.7 Å². The molecular formula is C6H5Na3O8. The van der Waals surface area contributed by atoms with E-state index in [0.717, 1.165) is 0 Å². The third-order valence-electron chi connectivity index (χ3n) is 1.14. The van der Waals surface area contributed by atoms with Crippen LogP contribution in [0.3, 0.4) is 0 Å². The second-order valence-corrected chi connectivity index (χ2v) is 2.19. The number of ether oxygens (including phenoxy) is 1. The van der Waals surface area contributed by atoms with Crippen LogP contribution in [0, 0.1) is 0 Å². The Bertz CT molecular complexity index is 258. The number of aliphatic hydroxyl groups is 1. The van der Waals surface area contributed by atoms with E-state index in [4.69, 9.17) is 5.11 Å². The Kier molecular flexibility index (Phi) is 21.7. The van der Waals surface area contributed by atoms with E-state index in [9.17, 15) is 29.7 Å².